The van der Waals surface area contributed by atoms with E-state index in [1.807, 2.05) is 32.9 Å². The van der Waals surface area contributed by atoms with E-state index in [0.29, 0.717) is 28.9 Å². The van der Waals surface area contributed by atoms with E-state index in [4.69, 9.17) is 4.42 Å². The minimum absolute atomic E-state index is 0.0976. The van der Waals surface area contributed by atoms with Crippen LogP contribution in [0.25, 0.3) is 28.0 Å². The Balaban J connectivity index is 2.50. The molecule has 0 aliphatic heterocycles. The van der Waals surface area contributed by atoms with Crippen LogP contribution in [0.2, 0.25) is 0 Å². The number of aldehydes is 1. The third-order valence-electron chi connectivity index (χ3n) is 3.90. The fourth-order valence-corrected chi connectivity index (χ4v) is 2.78. The average Bonchev–Trinajstić information content (AvgIpc) is 2.52. The highest BCUT2D eigenvalue weighted by atomic mass is 16.3. The number of benzene rings is 2. The predicted molar refractivity (Wildman–Crippen MR) is 95.7 cm³/mol. The molecule has 0 aliphatic carbocycles. The van der Waals surface area contributed by atoms with E-state index in [-0.39, 0.29) is 22.1 Å². The van der Waals surface area contributed by atoms with Crippen LogP contribution in [0, 0.1) is 12.8 Å². The maximum Gasteiger partial charge on any atom is 0.205 e. The average molecular weight is 322 g/mol. The van der Waals surface area contributed by atoms with E-state index >= 15 is 0 Å². The predicted octanol–water partition coefficient (Wildman–Crippen LogP) is 4.44. The largest absolute Gasteiger partial charge is 0.507 e. The van der Waals surface area contributed by atoms with Gasteiger partial charge in [0.2, 0.25) is 5.43 Å². The maximum atomic E-state index is 12.9. The van der Waals surface area contributed by atoms with Gasteiger partial charge in [0.1, 0.15) is 22.3 Å². The molecule has 0 radical (unpaired) electrons. The Morgan fingerprint density at radius 3 is 2.54 bits per heavy atom. The van der Waals surface area contributed by atoms with Gasteiger partial charge in [0, 0.05) is 11.1 Å². The van der Waals surface area contributed by atoms with Crippen LogP contribution in [-0.2, 0) is 0 Å². The summed E-state index contributed by atoms with van der Waals surface area (Å²) < 4.78 is 5.92. The third-order valence-corrected chi connectivity index (χ3v) is 3.90. The Kier molecular flexibility index (Phi) is 3.97. The molecule has 0 atom stereocenters. The van der Waals surface area contributed by atoms with E-state index in [2.05, 4.69) is 0 Å². The number of hydrogen-bond acceptors (Lipinski definition) is 4. The first kappa shape index (κ1) is 16.0. The second kappa shape index (κ2) is 5.96. The first-order chi connectivity index (χ1) is 11.4. The summed E-state index contributed by atoms with van der Waals surface area (Å²) in [6.07, 6.45) is 4.50. The van der Waals surface area contributed by atoms with Crippen molar-refractivity contribution >= 4 is 34.3 Å². The fraction of sp³-hybridized carbons (Fsp3) is 0.200. The number of aromatic hydroxyl groups is 1. The zero-order valence-electron chi connectivity index (χ0n) is 13.8. The number of hydrogen-bond donors (Lipinski definition) is 1. The first-order valence-corrected chi connectivity index (χ1v) is 7.79. The van der Waals surface area contributed by atoms with Gasteiger partial charge in [-0.1, -0.05) is 26.0 Å². The first-order valence-electron chi connectivity index (χ1n) is 7.79. The molecule has 0 spiro atoms. The minimum atomic E-state index is -0.398. The number of fused-ring (bicyclic) bond motifs is 2. The van der Waals surface area contributed by atoms with Crippen molar-refractivity contribution in [3.8, 4) is 5.75 Å². The van der Waals surface area contributed by atoms with Crippen molar-refractivity contribution in [2.24, 2.45) is 5.92 Å². The Labute approximate surface area is 139 Å². The van der Waals surface area contributed by atoms with Crippen LogP contribution in [0.1, 0.15) is 35.3 Å². The van der Waals surface area contributed by atoms with Crippen LogP contribution in [0.15, 0.2) is 39.6 Å². The second-order valence-corrected chi connectivity index (χ2v) is 6.26. The van der Waals surface area contributed by atoms with Crippen molar-refractivity contribution in [3.05, 3.63) is 57.3 Å². The van der Waals surface area contributed by atoms with Gasteiger partial charge in [0.25, 0.3) is 0 Å². The molecule has 0 unspecified atom stereocenters. The normalized spacial score (nSPS) is 11.8. The highest BCUT2D eigenvalue weighted by Gasteiger charge is 2.16. The molecule has 0 saturated carbocycles. The molecule has 1 aromatic heterocycles. The molecule has 4 heteroatoms. The lowest BCUT2D eigenvalue weighted by Gasteiger charge is -2.08. The van der Waals surface area contributed by atoms with Crippen LogP contribution in [0.4, 0.5) is 0 Å². The van der Waals surface area contributed by atoms with Crippen molar-refractivity contribution in [1.29, 1.82) is 0 Å². The van der Waals surface area contributed by atoms with Crippen LogP contribution >= 0.6 is 0 Å². The Bertz CT molecular complexity index is 1040. The summed E-state index contributed by atoms with van der Waals surface area (Å²) in [5.41, 5.74) is 2.08. The van der Waals surface area contributed by atoms with E-state index in [1.54, 1.807) is 18.2 Å². The Morgan fingerprint density at radius 1 is 1.12 bits per heavy atom. The molecule has 24 heavy (non-hydrogen) atoms. The summed E-state index contributed by atoms with van der Waals surface area (Å²) in [6.45, 7) is 5.92. The molecule has 122 valence electrons. The monoisotopic (exact) mass is 322 g/mol. The summed E-state index contributed by atoms with van der Waals surface area (Å²) in [7, 11) is 0. The standard InChI is InChI=1S/C20H18O4/c1-11(2)4-5-13-6-7-15(22)18-19(23)17-14(10-21)8-12(3)9-16(17)24-20(13)18/h4-11,22H,1-3H3/b5-4+. The molecule has 0 fully saturated rings. The molecule has 0 bridgehead atoms. The molecule has 4 nitrogen and oxygen atoms in total. The molecule has 2 aromatic carbocycles. The van der Waals surface area contributed by atoms with Crippen molar-refractivity contribution in [2.45, 2.75) is 20.8 Å². The highest BCUT2D eigenvalue weighted by Crippen LogP contribution is 2.30. The van der Waals surface area contributed by atoms with Crippen molar-refractivity contribution in [1.82, 2.24) is 0 Å². The van der Waals surface area contributed by atoms with Crippen molar-refractivity contribution in [3.63, 3.8) is 0 Å². The van der Waals surface area contributed by atoms with Crippen LogP contribution in [0.3, 0.4) is 0 Å². The van der Waals surface area contributed by atoms with Gasteiger partial charge in [0.15, 0.2) is 6.29 Å². The summed E-state index contributed by atoms with van der Waals surface area (Å²) >= 11 is 0. The number of allylic oxidation sites excluding steroid dienone is 1. The number of phenols is 1. The smallest absolute Gasteiger partial charge is 0.205 e. The van der Waals surface area contributed by atoms with E-state index in [9.17, 15) is 14.7 Å². The maximum absolute atomic E-state index is 12.9. The second-order valence-electron chi connectivity index (χ2n) is 6.26. The summed E-state index contributed by atoms with van der Waals surface area (Å²) in [4.78, 5) is 24.2. The Hall–Kier alpha value is -2.88. The molecule has 1 N–H and O–H groups in total. The number of aryl methyl sites for hydroxylation is 1. The summed E-state index contributed by atoms with van der Waals surface area (Å²) in [5, 5.41) is 10.5. The lowest BCUT2D eigenvalue weighted by molar-refractivity contribution is 0.112. The topological polar surface area (TPSA) is 67.5 Å². The molecule has 1 heterocycles. The van der Waals surface area contributed by atoms with E-state index in [1.165, 1.54) is 6.07 Å². The van der Waals surface area contributed by atoms with Crippen LogP contribution in [0.5, 0.6) is 5.75 Å². The summed E-state index contributed by atoms with van der Waals surface area (Å²) in [5.74, 6) is 0.185. The molecule has 3 rings (SSSR count). The van der Waals surface area contributed by atoms with Crippen LogP contribution < -0.4 is 5.43 Å². The van der Waals surface area contributed by atoms with E-state index in [0.717, 1.165) is 5.56 Å². The molecule has 0 aliphatic rings. The van der Waals surface area contributed by atoms with Gasteiger partial charge < -0.3 is 9.52 Å². The Morgan fingerprint density at radius 2 is 1.88 bits per heavy atom. The number of carbonyl (C=O) groups excluding carboxylic acids is 1. The van der Waals surface area contributed by atoms with E-state index < -0.39 is 5.43 Å². The number of phenolic OH excluding ortho intramolecular Hbond substituents is 1. The zero-order chi connectivity index (χ0) is 17.4. The number of carbonyl (C=O) groups is 1. The van der Waals surface area contributed by atoms with Gasteiger partial charge >= 0.3 is 0 Å². The van der Waals surface area contributed by atoms with Crippen molar-refractivity contribution in [2.75, 3.05) is 0 Å². The third kappa shape index (κ3) is 2.60. The highest BCUT2D eigenvalue weighted by molar-refractivity contribution is 6.03. The molecule has 0 saturated heterocycles. The van der Waals surface area contributed by atoms with Gasteiger partial charge in [0.05, 0.1) is 5.39 Å². The SMILES string of the molecule is Cc1cc(C=O)c2c(=O)c3c(O)ccc(/C=C/C(C)C)c3oc2c1. The van der Waals surface area contributed by atoms with Gasteiger partial charge in [-0.05, 0) is 42.7 Å². The fourth-order valence-electron chi connectivity index (χ4n) is 2.78. The quantitative estimate of drug-likeness (QED) is 0.572. The molecular formula is C20H18O4. The van der Waals surface area contributed by atoms with Gasteiger partial charge in [-0.3, -0.25) is 9.59 Å². The van der Waals surface area contributed by atoms with Crippen LogP contribution in [-0.4, -0.2) is 11.4 Å². The molecule has 0 amide bonds. The number of rotatable bonds is 3. The zero-order valence-corrected chi connectivity index (χ0v) is 13.8. The minimum Gasteiger partial charge on any atom is -0.507 e. The van der Waals surface area contributed by atoms with Gasteiger partial charge in [-0.25, -0.2) is 0 Å². The summed E-state index contributed by atoms with van der Waals surface area (Å²) in [6, 6.07) is 6.54. The lowest BCUT2D eigenvalue weighted by Crippen LogP contribution is -2.06. The van der Waals surface area contributed by atoms with Gasteiger partial charge in [-0.15, -0.1) is 0 Å². The molecular weight excluding hydrogens is 304 g/mol. The van der Waals surface area contributed by atoms with Gasteiger partial charge in [-0.2, -0.15) is 0 Å². The van der Waals surface area contributed by atoms with Crippen molar-refractivity contribution < 1.29 is 14.3 Å². The lowest BCUT2D eigenvalue weighted by atomic mass is 10.0. The molecule has 3 aromatic rings.